The van der Waals surface area contributed by atoms with Crippen LogP contribution >= 0.6 is 0 Å². The van der Waals surface area contributed by atoms with Gasteiger partial charge < -0.3 is 9.30 Å². The third-order valence-corrected chi connectivity index (χ3v) is 6.27. The summed E-state index contributed by atoms with van der Waals surface area (Å²) < 4.78 is 6.95. The summed E-state index contributed by atoms with van der Waals surface area (Å²) in [6.07, 6.45) is 4.17. The molecule has 1 aliphatic rings. The standard InChI is InChI=1S/C26H27NO3/c1-30-25(29)17-9-8-16-24(28)26(21-13-6-3-7-14-21)22(20-11-4-2-5-12-20)19-27-18-10-15-23(26)27/h2-7,10-15,18,22H,8-9,16-17,19H2,1H3. The van der Waals surface area contributed by atoms with Crippen molar-refractivity contribution in [2.24, 2.45) is 0 Å². The highest BCUT2D eigenvalue weighted by Crippen LogP contribution is 2.51. The number of hydrogen-bond acceptors (Lipinski definition) is 3. The van der Waals surface area contributed by atoms with Crippen molar-refractivity contribution in [1.82, 2.24) is 4.57 Å². The number of ether oxygens (including phenoxy) is 1. The second-order valence-corrected chi connectivity index (χ2v) is 7.89. The molecule has 0 bridgehead atoms. The molecule has 2 unspecified atom stereocenters. The lowest BCUT2D eigenvalue weighted by Crippen LogP contribution is -2.40. The zero-order chi connectivity index (χ0) is 21.0. The Morgan fingerprint density at radius 3 is 2.30 bits per heavy atom. The van der Waals surface area contributed by atoms with E-state index < -0.39 is 5.41 Å². The second-order valence-electron chi connectivity index (χ2n) is 7.89. The van der Waals surface area contributed by atoms with Crippen LogP contribution in [0.5, 0.6) is 0 Å². The normalized spacial score (nSPS) is 20.0. The molecule has 0 saturated carbocycles. The van der Waals surface area contributed by atoms with Crippen molar-refractivity contribution >= 4 is 11.8 Å². The van der Waals surface area contributed by atoms with Crippen molar-refractivity contribution in [3.05, 3.63) is 95.8 Å². The van der Waals surface area contributed by atoms with Crippen LogP contribution in [-0.4, -0.2) is 23.4 Å². The summed E-state index contributed by atoms with van der Waals surface area (Å²) in [7, 11) is 1.40. The van der Waals surface area contributed by atoms with Crippen molar-refractivity contribution < 1.29 is 14.3 Å². The lowest BCUT2D eigenvalue weighted by molar-refractivity contribution is -0.140. The third-order valence-electron chi connectivity index (χ3n) is 6.27. The summed E-state index contributed by atoms with van der Waals surface area (Å²) >= 11 is 0. The zero-order valence-electron chi connectivity index (χ0n) is 17.3. The third kappa shape index (κ3) is 3.47. The van der Waals surface area contributed by atoms with Crippen LogP contribution in [0.3, 0.4) is 0 Å². The minimum Gasteiger partial charge on any atom is -0.469 e. The number of carbonyl (C=O) groups is 2. The van der Waals surface area contributed by atoms with Crippen LogP contribution < -0.4 is 0 Å². The summed E-state index contributed by atoms with van der Waals surface area (Å²) in [5, 5.41) is 0. The quantitative estimate of drug-likeness (QED) is 0.399. The highest BCUT2D eigenvalue weighted by molar-refractivity contribution is 5.95. The summed E-state index contributed by atoms with van der Waals surface area (Å²) in [6, 6.07) is 24.6. The van der Waals surface area contributed by atoms with Gasteiger partial charge in [0.2, 0.25) is 0 Å². The Hall–Kier alpha value is -3.14. The Bertz CT molecular complexity index is 1010. The van der Waals surface area contributed by atoms with Crippen molar-refractivity contribution in [3.8, 4) is 0 Å². The maximum atomic E-state index is 14.0. The second kappa shape index (κ2) is 8.70. The van der Waals surface area contributed by atoms with Gasteiger partial charge in [0.15, 0.2) is 0 Å². The molecule has 1 aliphatic heterocycles. The van der Waals surface area contributed by atoms with E-state index >= 15 is 0 Å². The van der Waals surface area contributed by atoms with Crippen LogP contribution in [0.25, 0.3) is 0 Å². The molecule has 0 aliphatic carbocycles. The Morgan fingerprint density at radius 1 is 0.933 bits per heavy atom. The van der Waals surface area contributed by atoms with Crippen molar-refractivity contribution in [2.75, 3.05) is 7.11 Å². The number of unbranched alkanes of at least 4 members (excludes halogenated alkanes) is 1. The molecule has 4 rings (SSSR count). The molecule has 2 heterocycles. The summed E-state index contributed by atoms with van der Waals surface area (Å²) in [4.78, 5) is 25.4. The summed E-state index contributed by atoms with van der Waals surface area (Å²) in [5.41, 5.74) is 2.54. The number of methoxy groups -OCH3 is 1. The molecule has 30 heavy (non-hydrogen) atoms. The van der Waals surface area contributed by atoms with E-state index in [9.17, 15) is 9.59 Å². The molecule has 0 N–H and O–H groups in total. The topological polar surface area (TPSA) is 48.3 Å². The number of benzene rings is 2. The number of esters is 1. The largest absolute Gasteiger partial charge is 0.469 e. The van der Waals surface area contributed by atoms with Gasteiger partial charge in [-0.2, -0.15) is 0 Å². The fourth-order valence-corrected chi connectivity index (χ4v) is 4.89. The van der Waals surface area contributed by atoms with Crippen LogP contribution in [-0.2, 0) is 26.3 Å². The van der Waals surface area contributed by atoms with E-state index in [4.69, 9.17) is 4.74 Å². The van der Waals surface area contributed by atoms with Crippen LogP contribution in [0, 0.1) is 0 Å². The van der Waals surface area contributed by atoms with Gasteiger partial charge in [-0.05, 0) is 36.1 Å². The first kappa shape index (κ1) is 20.1. The van der Waals surface area contributed by atoms with E-state index in [1.54, 1.807) is 0 Å². The lowest BCUT2D eigenvalue weighted by atomic mass is 9.64. The Balaban J connectivity index is 1.74. The maximum absolute atomic E-state index is 14.0. The molecule has 154 valence electrons. The first-order valence-corrected chi connectivity index (χ1v) is 10.5. The number of Topliss-reactive ketones (excluding diaryl/α,β-unsaturated/α-hetero) is 1. The maximum Gasteiger partial charge on any atom is 0.305 e. The predicted octanol–water partition coefficient (Wildman–Crippen LogP) is 4.87. The molecule has 2 atom stereocenters. The Morgan fingerprint density at radius 2 is 1.60 bits per heavy atom. The minimum atomic E-state index is -0.725. The summed E-state index contributed by atoms with van der Waals surface area (Å²) in [5.74, 6) is 0.0207. The molecule has 0 spiro atoms. The van der Waals surface area contributed by atoms with E-state index in [2.05, 4.69) is 41.1 Å². The summed E-state index contributed by atoms with van der Waals surface area (Å²) in [6.45, 7) is 0.773. The molecular formula is C26H27NO3. The monoisotopic (exact) mass is 401 g/mol. The first-order valence-electron chi connectivity index (χ1n) is 10.5. The van der Waals surface area contributed by atoms with E-state index in [-0.39, 0.29) is 17.7 Å². The highest BCUT2D eigenvalue weighted by Gasteiger charge is 2.53. The number of carbonyl (C=O) groups excluding carboxylic acids is 2. The van der Waals surface area contributed by atoms with Gasteiger partial charge in [-0.3, -0.25) is 9.59 Å². The minimum absolute atomic E-state index is 0.0328. The molecule has 0 amide bonds. The predicted molar refractivity (Wildman–Crippen MR) is 116 cm³/mol. The Kier molecular flexibility index (Phi) is 5.84. The molecule has 0 fully saturated rings. The van der Waals surface area contributed by atoms with Crippen LogP contribution in [0.15, 0.2) is 79.0 Å². The van der Waals surface area contributed by atoms with E-state index in [0.29, 0.717) is 25.7 Å². The van der Waals surface area contributed by atoms with E-state index in [1.807, 2.05) is 42.5 Å². The van der Waals surface area contributed by atoms with Gasteiger partial charge in [0.05, 0.1) is 7.11 Å². The number of nitrogens with zero attached hydrogens (tertiary/aromatic N) is 1. The highest BCUT2D eigenvalue weighted by atomic mass is 16.5. The molecule has 4 heteroatoms. The van der Waals surface area contributed by atoms with Gasteiger partial charge in [-0.15, -0.1) is 0 Å². The van der Waals surface area contributed by atoms with Crippen LogP contribution in [0.2, 0.25) is 0 Å². The van der Waals surface area contributed by atoms with Gasteiger partial charge in [0.25, 0.3) is 0 Å². The van der Waals surface area contributed by atoms with Crippen molar-refractivity contribution in [3.63, 3.8) is 0 Å². The van der Waals surface area contributed by atoms with Crippen LogP contribution in [0.4, 0.5) is 0 Å². The molecule has 4 nitrogen and oxygen atoms in total. The fraction of sp³-hybridized carbons (Fsp3) is 0.308. The SMILES string of the molecule is COC(=O)CCCCC(=O)C1(c2ccccc2)c2cccn2CC1c1ccccc1. The number of fused-ring (bicyclic) bond motifs is 1. The van der Waals surface area contributed by atoms with E-state index in [1.165, 1.54) is 12.7 Å². The number of ketones is 1. The molecule has 0 radical (unpaired) electrons. The van der Waals surface area contributed by atoms with Crippen molar-refractivity contribution in [1.29, 1.82) is 0 Å². The average molecular weight is 402 g/mol. The Labute approximate surface area is 177 Å². The fourth-order valence-electron chi connectivity index (χ4n) is 4.89. The molecular weight excluding hydrogens is 374 g/mol. The van der Waals surface area contributed by atoms with Gasteiger partial charge >= 0.3 is 5.97 Å². The molecule has 3 aromatic rings. The molecule has 1 aromatic heterocycles. The van der Waals surface area contributed by atoms with Crippen LogP contribution in [0.1, 0.15) is 48.4 Å². The van der Waals surface area contributed by atoms with Gasteiger partial charge in [0, 0.05) is 37.2 Å². The van der Waals surface area contributed by atoms with Gasteiger partial charge in [0.1, 0.15) is 11.2 Å². The smallest absolute Gasteiger partial charge is 0.305 e. The van der Waals surface area contributed by atoms with Crippen molar-refractivity contribution in [2.45, 2.75) is 43.6 Å². The molecule has 2 aromatic carbocycles. The molecule has 0 saturated heterocycles. The zero-order valence-corrected chi connectivity index (χ0v) is 17.3. The lowest BCUT2D eigenvalue weighted by Gasteiger charge is -2.35. The average Bonchev–Trinajstić information content (AvgIpc) is 3.38. The number of hydrogen-bond donors (Lipinski definition) is 0. The van der Waals surface area contributed by atoms with Gasteiger partial charge in [-0.25, -0.2) is 0 Å². The van der Waals surface area contributed by atoms with Gasteiger partial charge in [-0.1, -0.05) is 60.7 Å². The number of aromatic nitrogens is 1. The first-order chi connectivity index (χ1) is 14.7. The number of rotatable bonds is 8. The van der Waals surface area contributed by atoms with E-state index in [0.717, 1.165) is 17.8 Å².